The van der Waals surface area contributed by atoms with E-state index in [1.807, 2.05) is 0 Å². The van der Waals surface area contributed by atoms with Crippen molar-refractivity contribution in [1.29, 1.82) is 0 Å². The van der Waals surface area contributed by atoms with Crippen molar-refractivity contribution in [3.8, 4) is 11.3 Å². The van der Waals surface area contributed by atoms with Gasteiger partial charge >= 0.3 is 0 Å². The molecule has 3 nitrogen and oxygen atoms in total. The van der Waals surface area contributed by atoms with Gasteiger partial charge in [0, 0.05) is 5.56 Å². The number of aromatic nitrogens is 2. The van der Waals surface area contributed by atoms with Crippen LogP contribution in [0, 0.1) is 5.82 Å². The Morgan fingerprint density at radius 1 is 1.29 bits per heavy atom. The summed E-state index contributed by atoms with van der Waals surface area (Å²) in [6.07, 6.45) is 1.42. The summed E-state index contributed by atoms with van der Waals surface area (Å²) < 4.78 is 13.3. The van der Waals surface area contributed by atoms with Crippen molar-refractivity contribution >= 4 is 15.9 Å². The lowest BCUT2D eigenvalue weighted by molar-refractivity contribution is 0.149. The van der Waals surface area contributed by atoms with E-state index in [0.717, 1.165) is 5.56 Å². The first-order valence-electron chi connectivity index (χ1n) is 3.87. The zero-order valence-corrected chi connectivity index (χ0v) is 8.57. The maximum Gasteiger partial charge on any atom is 0.123 e. The molecule has 0 aliphatic rings. The minimum Gasteiger partial charge on any atom is -0.412 e. The van der Waals surface area contributed by atoms with E-state index in [-0.39, 0.29) is 5.82 Å². The van der Waals surface area contributed by atoms with E-state index < -0.39 is 0 Å². The summed E-state index contributed by atoms with van der Waals surface area (Å²) in [6.45, 7) is 0. The fraction of sp³-hybridized carbons (Fsp3) is 0. The van der Waals surface area contributed by atoms with E-state index in [4.69, 9.17) is 5.21 Å². The first-order valence-corrected chi connectivity index (χ1v) is 4.66. The maximum absolute atomic E-state index is 12.6. The normalized spacial score (nSPS) is 10.4. The van der Waals surface area contributed by atoms with Gasteiger partial charge in [0.15, 0.2) is 0 Å². The predicted octanol–water partition coefficient (Wildman–Crippen LogP) is 2.69. The summed E-state index contributed by atoms with van der Waals surface area (Å²) in [4.78, 5) is 0.711. The van der Waals surface area contributed by atoms with E-state index in [1.54, 1.807) is 12.1 Å². The fourth-order valence-electron chi connectivity index (χ4n) is 1.14. The summed E-state index contributed by atoms with van der Waals surface area (Å²) in [5.74, 6) is -0.298. The number of hydrogen-bond acceptors (Lipinski definition) is 2. The highest BCUT2D eigenvalue weighted by molar-refractivity contribution is 9.10. The Morgan fingerprint density at radius 3 is 2.43 bits per heavy atom. The van der Waals surface area contributed by atoms with E-state index in [2.05, 4.69) is 21.0 Å². The van der Waals surface area contributed by atoms with Crippen LogP contribution in [-0.4, -0.2) is 15.2 Å². The molecule has 0 unspecified atom stereocenters. The molecule has 5 heteroatoms. The molecule has 0 bridgehead atoms. The van der Waals surface area contributed by atoms with Crippen LogP contribution in [-0.2, 0) is 0 Å². The van der Waals surface area contributed by atoms with Crippen molar-refractivity contribution in [1.82, 2.24) is 9.94 Å². The predicted molar refractivity (Wildman–Crippen MR) is 52.5 cm³/mol. The zero-order valence-electron chi connectivity index (χ0n) is 6.98. The van der Waals surface area contributed by atoms with Gasteiger partial charge in [0.2, 0.25) is 0 Å². The van der Waals surface area contributed by atoms with Crippen molar-refractivity contribution in [2.75, 3.05) is 0 Å². The summed E-state index contributed by atoms with van der Waals surface area (Å²) >= 11 is 3.24. The molecule has 14 heavy (non-hydrogen) atoms. The monoisotopic (exact) mass is 256 g/mol. The second-order valence-electron chi connectivity index (χ2n) is 2.75. The van der Waals surface area contributed by atoms with Crippen LogP contribution < -0.4 is 0 Å². The molecule has 2 rings (SSSR count). The van der Waals surface area contributed by atoms with Gasteiger partial charge in [-0.15, -0.1) is 9.94 Å². The Balaban J connectivity index is 2.49. The first-order chi connectivity index (χ1) is 6.66. The molecule has 0 radical (unpaired) electrons. The molecule has 1 aromatic carbocycles. The highest BCUT2D eigenvalue weighted by Gasteiger charge is 2.08. The lowest BCUT2D eigenvalue weighted by atomic mass is 10.1. The Hall–Kier alpha value is -1.36. The third kappa shape index (κ3) is 1.63. The molecule has 0 saturated heterocycles. The number of rotatable bonds is 1. The van der Waals surface area contributed by atoms with Crippen molar-refractivity contribution in [3.05, 3.63) is 40.8 Å². The van der Waals surface area contributed by atoms with Crippen molar-refractivity contribution in [3.63, 3.8) is 0 Å². The maximum atomic E-state index is 12.6. The molecular formula is C9H6BrFN2O. The van der Waals surface area contributed by atoms with Crippen LogP contribution in [0.4, 0.5) is 4.39 Å². The van der Waals surface area contributed by atoms with Gasteiger partial charge < -0.3 is 5.21 Å². The number of halogens is 2. The van der Waals surface area contributed by atoms with Crippen molar-refractivity contribution in [2.24, 2.45) is 0 Å². The topological polar surface area (TPSA) is 38.0 Å². The molecule has 0 atom stereocenters. The molecule has 0 aliphatic heterocycles. The van der Waals surface area contributed by atoms with Gasteiger partial charge in [-0.2, -0.15) is 0 Å². The standard InChI is InChI=1S/C9H6BrFN2O/c10-8-5-13(14)12-9(8)6-1-3-7(11)4-2-6/h1-5,14H. The molecule has 0 saturated carbocycles. The van der Waals surface area contributed by atoms with Crippen LogP contribution >= 0.6 is 15.9 Å². The zero-order chi connectivity index (χ0) is 10.1. The van der Waals surface area contributed by atoms with Crippen LogP contribution in [0.5, 0.6) is 0 Å². The van der Waals surface area contributed by atoms with Gasteiger partial charge in [-0.3, -0.25) is 0 Å². The quantitative estimate of drug-likeness (QED) is 0.797. The van der Waals surface area contributed by atoms with E-state index >= 15 is 0 Å². The molecule has 1 aromatic heterocycles. The number of nitrogens with zero attached hydrogens (tertiary/aromatic N) is 2. The van der Waals surface area contributed by atoms with Gasteiger partial charge in [-0.1, -0.05) is 0 Å². The molecular weight excluding hydrogens is 251 g/mol. The van der Waals surface area contributed by atoms with Gasteiger partial charge in [-0.05, 0) is 40.2 Å². The second-order valence-corrected chi connectivity index (χ2v) is 3.61. The van der Waals surface area contributed by atoms with E-state index in [9.17, 15) is 4.39 Å². The highest BCUT2D eigenvalue weighted by Crippen LogP contribution is 2.25. The summed E-state index contributed by atoms with van der Waals surface area (Å²) in [5.41, 5.74) is 1.32. The van der Waals surface area contributed by atoms with Crippen LogP contribution in [0.3, 0.4) is 0 Å². The lowest BCUT2D eigenvalue weighted by Crippen LogP contribution is -1.89. The van der Waals surface area contributed by atoms with E-state index in [1.165, 1.54) is 18.3 Å². The van der Waals surface area contributed by atoms with Crippen LogP contribution in [0.25, 0.3) is 11.3 Å². The summed E-state index contributed by atoms with van der Waals surface area (Å²) in [6, 6.07) is 5.89. The number of benzene rings is 1. The average Bonchev–Trinajstić information content (AvgIpc) is 2.47. The van der Waals surface area contributed by atoms with Gasteiger partial charge in [-0.25, -0.2) is 4.39 Å². The molecule has 0 spiro atoms. The van der Waals surface area contributed by atoms with Gasteiger partial charge in [0.1, 0.15) is 11.5 Å². The number of hydrogen-bond donors (Lipinski definition) is 1. The Morgan fingerprint density at radius 2 is 1.93 bits per heavy atom. The van der Waals surface area contributed by atoms with Crippen LogP contribution in [0.15, 0.2) is 34.9 Å². The summed E-state index contributed by atoms with van der Waals surface area (Å²) in [5, 5.41) is 12.9. The molecule has 1 N–H and O–H groups in total. The Labute approximate surface area is 87.9 Å². The second kappa shape index (κ2) is 3.42. The SMILES string of the molecule is On1cc(Br)c(-c2ccc(F)cc2)n1. The molecule has 1 heterocycles. The first kappa shape index (κ1) is 9.21. The molecule has 0 fully saturated rings. The highest BCUT2D eigenvalue weighted by atomic mass is 79.9. The average molecular weight is 257 g/mol. The molecule has 0 aliphatic carbocycles. The minimum atomic E-state index is -0.298. The molecule has 72 valence electrons. The van der Waals surface area contributed by atoms with Crippen molar-refractivity contribution < 1.29 is 9.60 Å². The lowest BCUT2D eigenvalue weighted by Gasteiger charge is -1.96. The van der Waals surface area contributed by atoms with Crippen LogP contribution in [0.1, 0.15) is 0 Å². The smallest absolute Gasteiger partial charge is 0.123 e. The third-order valence-electron chi connectivity index (χ3n) is 1.78. The molecule has 2 aromatic rings. The van der Waals surface area contributed by atoms with Crippen LogP contribution in [0.2, 0.25) is 0 Å². The van der Waals surface area contributed by atoms with E-state index in [0.29, 0.717) is 15.0 Å². The van der Waals surface area contributed by atoms with Gasteiger partial charge in [0.05, 0.1) is 10.7 Å². The Kier molecular flexibility index (Phi) is 2.25. The largest absolute Gasteiger partial charge is 0.412 e. The molecule has 0 amide bonds. The van der Waals surface area contributed by atoms with Gasteiger partial charge in [0.25, 0.3) is 0 Å². The fourth-order valence-corrected chi connectivity index (χ4v) is 1.64. The van der Waals surface area contributed by atoms with Crippen molar-refractivity contribution in [2.45, 2.75) is 0 Å². The Bertz CT molecular complexity index is 452. The minimum absolute atomic E-state index is 0.298. The third-order valence-corrected chi connectivity index (χ3v) is 2.36. The summed E-state index contributed by atoms with van der Waals surface area (Å²) in [7, 11) is 0.